The predicted molar refractivity (Wildman–Crippen MR) is 57.9 cm³/mol. The molecule has 3 nitrogen and oxygen atoms in total. The molecule has 1 aliphatic heterocycles. The molecule has 1 rings (SSSR count). The maximum absolute atomic E-state index is 9.30. The summed E-state index contributed by atoms with van der Waals surface area (Å²) >= 11 is 0. The smallest absolute Gasteiger partial charge is 0.122 e. The van der Waals surface area contributed by atoms with Gasteiger partial charge in [-0.25, -0.2) is 0 Å². The van der Waals surface area contributed by atoms with Crippen molar-refractivity contribution in [2.45, 2.75) is 57.7 Å². The standard InChI is InChI=1S/C11H21N3/c1-4-9(2)14-11(8-12)6-5-7-13-10(11)3/h9-10,13-14H,4-7H2,1-3H3. The minimum Gasteiger partial charge on any atom is -0.311 e. The van der Waals surface area contributed by atoms with Crippen LogP contribution in [0.15, 0.2) is 0 Å². The van der Waals surface area contributed by atoms with Crippen LogP contribution < -0.4 is 10.6 Å². The molecule has 3 atom stereocenters. The third-order valence-electron chi connectivity index (χ3n) is 3.25. The maximum atomic E-state index is 9.30. The van der Waals surface area contributed by atoms with Crippen LogP contribution in [0, 0.1) is 11.3 Å². The number of nitrogens with zero attached hydrogens (tertiary/aromatic N) is 1. The first kappa shape index (κ1) is 11.5. The Labute approximate surface area is 86.9 Å². The first-order chi connectivity index (χ1) is 6.64. The molecular formula is C11H21N3. The lowest BCUT2D eigenvalue weighted by Crippen LogP contribution is -2.62. The topological polar surface area (TPSA) is 47.9 Å². The Morgan fingerprint density at radius 3 is 2.93 bits per heavy atom. The molecule has 1 aliphatic rings. The van der Waals surface area contributed by atoms with E-state index in [1.807, 2.05) is 0 Å². The molecule has 0 aliphatic carbocycles. The summed E-state index contributed by atoms with van der Waals surface area (Å²) in [5, 5.41) is 16.1. The minimum atomic E-state index is -0.353. The van der Waals surface area contributed by atoms with Gasteiger partial charge >= 0.3 is 0 Å². The molecule has 1 heterocycles. The molecule has 0 aromatic heterocycles. The quantitative estimate of drug-likeness (QED) is 0.716. The summed E-state index contributed by atoms with van der Waals surface area (Å²) in [6, 6.07) is 3.12. The second-order valence-corrected chi connectivity index (χ2v) is 4.32. The molecule has 0 spiro atoms. The first-order valence-electron chi connectivity index (χ1n) is 5.57. The van der Waals surface area contributed by atoms with Gasteiger partial charge in [0.1, 0.15) is 5.54 Å². The summed E-state index contributed by atoms with van der Waals surface area (Å²) in [6.45, 7) is 7.41. The van der Waals surface area contributed by atoms with Crippen molar-refractivity contribution in [3.63, 3.8) is 0 Å². The van der Waals surface area contributed by atoms with E-state index in [0.29, 0.717) is 6.04 Å². The molecule has 0 amide bonds. The van der Waals surface area contributed by atoms with Crippen LogP contribution in [0.2, 0.25) is 0 Å². The predicted octanol–water partition coefficient (Wildman–Crippen LogP) is 1.41. The monoisotopic (exact) mass is 195 g/mol. The normalized spacial score (nSPS) is 34.9. The van der Waals surface area contributed by atoms with Crippen molar-refractivity contribution in [3.8, 4) is 6.07 Å². The molecule has 2 N–H and O–H groups in total. The number of hydrogen-bond acceptors (Lipinski definition) is 3. The molecule has 14 heavy (non-hydrogen) atoms. The summed E-state index contributed by atoms with van der Waals surface area (Å²) in [6.07, 6.45) is 3.11. The first-order valence-corrected chi connectivity index (χ1v) is 5.57. The van der Waals surface area contributed by atoms with E-state index < -0.39 is 0 Å². The van der Waals surface area contributed by atoms with E-state index in [9.17, 15) is 5.26 Å². The van der Waals surface area contributed by atoms with Crippen LogP contribution in [0.25, 0.3) is 0 Å². The Bertz CT molecular complexity index is 221. The highest BCUT2D eigenvalue weighted by Crippen LogP contribution is 2.22. The van der Waals surface area contributed by atoms with Crippen LogP contribution in [0.1, 0.15) is 40.0 Å². The van der Waals surface area contributed by atoms with Crippen LogP contribution in [-0.4, -0.2) is 24.2 Å². The zero-order chi connectivity index (χ0) is 10.6. The maximum Gasteiger partial charge on any atom is 0.122 e. The lowest BCUT2D eigenvalue weighted by atomic mass is 9.83. The van der Waals surface area contributed by atoms with Gasteiger partial charge in [-0.15, -0.1) is 0 Å². The van der Waals surface area contributed by atoms with E-state index in [1.165, 1.54) is 0 Å². The van der Waals surface area contributed by atoms with E-state index in [1.54, 1.807) is 0 Å². The zero-order valence-corrected chi connectivity index (χ0v) is 9.43. The highest BCUT2D eigenvalue weighted by molar-refractivity contribution is 5.15. The summed E-state index contributed by atoms with van der Waals surface area (Å²) in [7, 11) is 0. The SMILES string of the molecule is CCC(C)NC1(C#N)CCCNC1C. The molecule has 0 aromatic rings. The second-order valence-electron chi connectivity index (χ2n) is 4.32. The van der Waals surface area contributed by atoms with Gasteiger partial charge in [-0.1, -0.05) is 6.92 Å². The third-order valence-corrected chi connectivity index (χ3v) is 3.25. The largest absolute Gasteiger partial charge is 0.311 e. The molecule has 0 radical (unpaired) electrons. The van der Waals surface area contributed by atoms with Gasteiger partial charge in [0.2, 0.25) is 0 Å². The number of hydrogen-bond donors (Lipinski definition) is 2. The molecule has 80 valence electrons. The van der Waals surface area contributed by atoms with Crippen molar-refractivity contribution < 1.29 is 0 Å². The summed E-state index contributed by atoms with van der Waals surface area (Å²) in [4.78, 5) is 0. The van der Waals surface area contributed by atoms with Crippen LogP contribution in [0.5, 0.6) is 0 Å². The third kappa shape index (κ3) is 2.26. The fourth-order valence-electron chi connectivity index (χ4n) is 2.00. The number of nitriles is 1. The lowest BCUT2D eigenvalue weighted by molar-refractivity contribution is 0.228. The van der Waals surface area contributed by atoms with Gasteiger partial charge in [0, 0.05) is 12.1 Å². The molecule has 0 bridgehead atoms. The Kier molecular flexibility index (Phi) is 3.91. The molecule has 3 heteroatoms. The van der Waals surface area contributed by atoms with Crippen LogP contribution in [-0.2, 0) is 0 Å². The van der Waals surface area contributed by atoms with Gasteiger partial charge in [0.05, 0.1) is 6.07 Å². The number of rotatable bonds is 3. The number of piperidine rings is 1. The van der Waals surface area contributed by atoms with E-state index in [4.69, 9.17) is 0 Å². The fraction of sp³-hybridized carbons (Fsp3) is 0.909. The average Bonchev–Trinajstić information content (AvgIpc) is 2.21. The molecule has 0 saturated carbocycles. The minimum absolute atomic E-state index is 0.246. The van der Waals surface area contributed by atoms with Gasteiger partial charge in [-0.3, -0.25) is 5.32 Å². The lowest BCUT2D eigenvalue weighted by Gasteiger charge is -2.40. The molecule has 1 saturated heterocycles. The van der Waals surface area contributed by atoms with Crippen molar-refractivity contribution in [1.82, 2.24) is 10.6 Å². The van der Waals surface area contributed by atoms with Gasteiger partial charge in [0.15, 0.2) is 0 Å². The van der Waals surface area contributed by atoms with Crippen molar-refractivity contribution >= 4 is 0 Å². The molecule has 1 fully saturated rings. The van der Waals surface area contributed by atoms with E-state index in [-0.39, 0.29) is 11.6 Å². The van der Waals surface area contributed by atoms with E-state index in [0.717, 1.165) is 25.8 Å². The van der Waals surface area contributed by atoms with Gasteiger partial charge in [-0.05, 0) is 39.7 Å². The van der Waals surface area contributed by atoms with E-state index >= 15 is 0 Å². The number of nitrogens with one attached hydrogen (secondary N) is 2. The Morgan fingerprint density at radius 1 is 1.71 bits per heavy atom. The molecule has 0 aromatic carbocycles. The Balaban J connectivity index is 2.69. The molecular weight excluding hydrogens is 174 g/mol. The van der Waals surface area contributed by atoms with E-state index in [2.05, 4.69) is 37.5 Å². The fourth-order valence-corrected chi connectivity index (χ4v) is 2.00. The summed E-state index contributed by atoms with van der Waals surface area (Å²) in [5.74, 6) is 0. The van der Waals surface area contributed by atoms with Crippen LogP contribution in [0.3, 0.4) is 0 Å². The van der Waals surface area contributed by atoms with Crippen LogP contribution >= 0.6 is 0 Å². The average molecular weight is 195 g/mol. The highest BCUT2D eigenvalue weighted by atomic mass is 15.1. The van der Waals surface area contributed by atoms with Gasteiger partial charge in [0.25, 0.3) is 0 Å². The zero-order valence-electron chi connectivity index (χ0n) is 9.43. The van der Waals surface area contributed by atoms with Crippen molar-refractivity contribution in [2.24, 2.45) is 0 Å². The van der Waals surface area contributed by atoms with Crippen molar-refractivity contribution in [2.75, 3.05) is 6.54 Å². The summed E-state index contributed by atoms with van der Waals surface area (Å²) in [5.41, 5.74) is -0.353. The van der Waals surface area contributed by atoms with Crippen molar-refractivity contribution in [1.29, 1.82) is 5.26 Å². The highest BCUT2D eigenvalue weighted by Gasteiger charge is 2.38. The second kappa shape index (κ2) is 4.77. The Hall–Kier alpha value is -0.590. The summed E-state index contributed by atoms with van der Waals surface area (Å²) < 4.78 is 0. The van der Waals surface area contributed by atoms with Gasteiger partial charge < -0.3 is 5.32 Å². The molecule has 3 unspecified atom stereocenters. The van der Waals surface area contributed by atoms with Crippen molar-refractivity contribution in [3.05, 3.63) is 0 Å². The Morgan fingerprint density at radius 2 is 2.43 bits per heavy atom. The van der Waals surface area contributed by atoms with Crippen LogP contribution in [0.4, 0.5) is 0 Å². The van der Waals surface area contributed by atoms with Gasteiger partial charge in [-0.2, -0.15) is 5.26 Å².